The summed E-state index contributed by atoms with van der Waals surface area (Å²) in [7, 11) is 1.58. The third-order valence-corrected chi connectivity index (χ3v) is 3.94. The van der Waals surface area contributed by atoms with E-state index in [0.717, 1.165) is 0 Å². The number of aromatic nitrogens is 1. The summed E-state index contributed by atoms with van der Waals surface area (Å²) in [5.74, 6) is 0.379. The van der Waals surface area contributed by atoms with Crippen LogP contribution in [0, 0.1) is 22.5 Å². The highest BCUT2D eigenvalue weighted by Crippen LogP contribution is 2.31. The number of hydrogen-bond donors (Lipinski definition) is 2. The van der Waals surface area contributed by atoms with Crippen LogP contribution in [0.4, 0.5) is 11.5 Å². The third kappa shape index (κ3) is 3.44. The number of nitro groups is 1. The molecule has 1 heterocycles. The smallest absolute Gasteiger partial charge is 0.291 e. The Morgan fingerprint density at radius 2 is 2.15 bits per heavy atom. The summed E-state index contributed by atoms with van der Waals surface area (Å²) in [4.78, 5) is 26.0. The van der Waals surface area contributed by atoms with E-state index in [9.17, 15) is 14.9 Å². The minimum atomic E-state index is -0.619. The molecule has 0 saturated carbocycles. The zero-order valence-electron chi connectivity index (χ0n) is 11.8. The zero-order valence-corrected chi connectivity index (χ0v) is 13.4. The molecule has 7 nitrogen and oxygen atoms in total. The van der Waals surface area contributed by atoms with Gasteiger partial charge in [0.2, 0.25) is 5.91 Å². The Morgan fingerprint density at radius 3 is 2.65 bits per heavy atom. The van der Waals surface area contributed by atoms with E-state index in [2.05, 4.69) is 31.5 Å². The van der Waals surface area contributed by atoms with Gasteiger partial charge in [-0.2, -0.15) is 0 Å². The topological polar surface area (TPSA) is 97.2 Å². The summed E-state index contributed by atoms with van der Waals surface area (Å²) in [5, 5.41) is 16.4. The Bertz CT molecular complexity index is 546. The van der Waals surface area contributed by atoms with Gasteiger partial charge in [0.05, 0.1) is 14.8 Å². The molecule has 0 radical (unpaired) electrons. The van der Waals surface area contributed by atoms with Crippen molar-refractivity contribution in [2.45, 2.75) is 20.8 Å². The minimum Gasteiger partial charge on any atom is -0.368 e. The number of carbonyl (C=O) groups is 1. The molecule has 0 aromatic carbocycles. The van der Waals surface area contributed by atoms with E-state index in [4.69, 9.17) is 0 Å². The van der Waals surface area contributed by atoms with Crippen LogP contribution in [0.2, 0.25) is 0 Å². The maximum absolute atomic E-state index is 11.7. The molecule has 20 heavy (non-hydrogen) atoms. The first-order chi connectivity index (χ1) is 9.20. The molecule has 1 aromatic heterocycles. The highest BCUT2D eigenvalue weighted by molar-refractivity contribution is 9.10. The van der Waals surface area contributed by atoms with Crippen molar-refractivity contribution in [2.75, 3.05) is 18.9 Å². The summed E-state index contributed by atoms with van der Waals surface area (Å²) in [6.07, 6.45) is 1.20. The van der Waals surface area contributed by atoms with Gasteiger partial charge in [-0.3, -0.25) is 14.9 Å². The van der Waals surface area contributed by atoms with E-state index in [0.29, 0.717) is 22.4 Å². The lowest BCUT2D eigenvalue weighted by molar-refractivity contribution is -0.385. The minimum absolute atomic E-state index is 0.0482. The second-order valence-corrected chi connectivity index (χ2v) is 5.80. The summed E-state index contributed by atoms with van der Waals surface area (Å²) in [6, 6.07) is 0. The van der Waals surface area contributed by atoms with Gasteiger partial charge in [-0.05, 0) is 36.7 Å². The lowest BCUT2D eigenvalue weighted by Crippen LogP contribution is -2.39. The Labute approximate surface area is 125 Å². The quantitative estimate of drug-likeness (QED) is 0.630. The van der Waals surface area contributed by atoms with Crippen molar-refractivity contribution >= 4 is 33.3 Å². The number of pyridine rings is 1. The molecule has 0 aliphatic rings. The monoisotopic (exact) mass is 344 g/mol. The molecule has 110 valence electrons. The van der Waals surface area contributed by atoms with Crippen molar-refractivity contribution in [2.24, 2.45) is 5.41 Å². The van der Waals surface area contributed by atoms with Crippen LogP contribution in [0.1, 0.15) is 19.4 Å². The van der Waals surface area contributed by atoms with E-state index < -0.39 is 10.3 Å². The van der Waals surface area contributed by atoms with Crippen LogP contribution in [0.25, 0.3) is 0 Å². The number of anilines is 1. The van der Waals surface area contributed by atoms with Gasteiger partial charge in [0.15, 0.2) is 0 Å². The van der Waals surface area contributed by atoms with Gasteiger partial charge in [0, 0.05) is 19.2 Å². The molecule has 0 bridgehead atoms. The van der Waals surface area contributed by atoms with E-state index in [-0.39, 0.29) is 11.6 Å². The van der Waals surface area contributed by atoms with Gasteiger partial charge >= 0.3 is 0 Å². The van der Waals surface area contributed by atoms with Crippen LogP contribution >= 0.6 is 15.9 Å². The Morgan fingerprint density at radius 1 is 1.55 bits per heavy atom. The van der Waals surface area contributed by atoms with Gasteiger partial charge in [-0.25, -0.2) is 4.98 Å². The summed E-state index contributed by atoms with van der Waals surface area (Å²) < 4.78 is 0.527. The van der Waals surface area contributed by atoms with Crippen LogP contribution in [0.5, 0.6) is 0 Å². The number of halogens is 1. The molecule has 0 spiro atoms. The zero-order chi connectivity index (χ0) is 15.5. The van der Waals surface area contributed by atoms with Crippen molar-refractivity contribution in [3.63, 3.8) is 0 Å². The first-order valence-corrected chi connectivity index (χ1v) is 6.75. The number of hydrogen-bond acceptors (Lipinski definition) is 5. The number of amides is 1. The Kier molecular flexibility index (Phi) is 5.04. The Hall–Kier alpha value is -1.70. The van der Waals surface area contributed by atoms with E-state index in [1.165, 1.54) is 6.20 Å². The van der Waals surface area contributed by atoms with Crippen molar-refractivity contribution in [1.29, 1.82) is 0 Å². The molecule has 0 fully saturated rings. The fourth-order valence-corrected chi connectivity index (χ4v) is 2.05. The van der Waals surface area contributed by atoms with Gasteiger partial charge in [0.25, 0.3) is 5.69 Å². The van der Waals surface area contributed by atoms with Crippen LogP contribution < -0.4 is 10.6 Å². The number of carbonyl (C=O) groups excluding carboxylic acids is 1. The average molecular weight is 345 g/mol. The summed E-state index contributed by atoms with van der Waals surface area (Å²) >= 11 is 3.29. The molecule has 0 aliphatic carbocycles. The predicted molar refractivity (Wildman–Crippen MR) is 79.7 cm³/mol. The summed E-state index contributed by atoms with van der Waals surface area (Å²) in [5.41, 5.74) is -0.177. The van der Waals surface area contributed by atoms with E-state index in [1.807, 2.05) is 0 Å². The van der Waals surface area contributed by atoms with Crippen LogP contribution in [0.3, 0.4) is 0 Å². The van der Waals surface area contributed by atoms with Gasteiger partial charge < -0.3 is 10.6 Å². The van der Waals surface area contributed by atoms with Crippen molar-refractivity contribution < 1.29 is 9.72 Å². The van der Waals surface area contributed by atoms with E-state index >= 15 is 0 Å². The fraction of sp³-hybridized carbons (Fsp3) is 0.500. The molecule has 8 heteroatoms. The molecule has 1 amide bonds. The second-order valence-electron chi connectivity index (χ2n) is 5.00. The molecule has 0 unspecified atom stereocenters. The molecular weight excluding hydrogens is 328 g/mol. The normalized spacial score (nSPS) is 11.1. The lowest BCUT2D eigenvalue weighted by Gasteiger charge is -2.23. The van der Waals surface area contributed by atoms with Gasteiger partial charge in [-0.15, -0.1) is 0 Å². The molecule has 0 atom stereocenters. The average Bonchev–Trinajstić information content (AvgIpc) is 2.39. The molecule has 0 saturated heterocycles. The fourth-order valence-electron chi connectivity index (χ4n) is 1.60. The number of nitrogens with zero attached hydrogens (tertiary/aromatic N) is 2. The Balaban J connectivity index is 2.93. The molecular formula is C12H17BrN4O3. The van der Waals surface area contributed by atoms with Crippen LogP contribution in [-0.2, 0) is 4.79 Å². The molecule has 2 N–H and O–H groups in total. The van der Waals surface area contributed by atoms with Crippen LogP contribution in [0.15, 0.2) is 10.7 Å². The lowest BCUT2D eigenvalue weighted by atomic mass is 9.92. The first kappa shape index (κ1) is 16.4. The highest BCUT2D eigenvalue weighted by Gasteiger charge is 2.27. The van der Waals surface area contributed by atoms with Crippen molar-refractivity contribution in [3.8, 4) is 0 Å². The summed E-state index contributed by atoms with van der Waals surface area (Å²) in [6.45, 7) is 5.59. The first-order valence-electron chi connectivity index (χ1n) is 5.96. The maximum Gasteiger partial charge on any atom is 0.291 e. The second kappa shape index (κ2) is 6.17. The van der Waals surface area contributed by atoms with Crippen molar-refractivity contribution in [1.82, 2.24) is 10.3 Å². The molecule has 0 aliphatic heterocycles. The van der Waals surface area contributed by atoms with E-state index in [1.54, 1.807) is 27.8 Å². The molecule has 1 aromatic rings. The largest absolute Gasteiger partial charge is 0.368 e. The number of rotatable bonds is 5. The van der Waals surface area contributed by atoms with Crippen LogP contribution in [-0.4, -0.2) is 29.4 Å². The maximum atomic E-state index is 11.7. The van der Waals surface area contributed by atoms with Crippen molar-refractivity contribution in [3.05, 3.63) is 26.3 Å². The highest BCUT2D eigenvalue weighted by atomic mass is 79.9. The van der Waals surface area contributed by atoms with Gasteiger partial charge in [-0.1, -0.05) is 0 Å². The standard InChI is InChI=1S/C12H17BrN4O3/c1-7-8(17(19)20)5-15-10(9(7)13)16-6-12(2,3)11(18)14-4/h5H,6H2,1-4H3,(H,14,18)(H,15,16). The number of nitrogens with one attached hydrogen (secondary N) is 2. The SMILES string of the molecule is CNC(=O)C(C)(C)CNc1ncc([N+](=O)[O-])c(C)c1Br. The molecule has 1 rings (SSSR count). The predicted octanol–water partition coefficient (Wildman–Crippen LogP) is 2.24. The third-order valence-electron chi connectivity index (χ3n) is 2.97. The van der Waals surface area contributed by atoms with Gasteiger partial charge in [0.1, 0.15) is 12.0 Å².